The van der Waals surface area contributed by atoms with Crippen LogP contribution in [0, 0.1) is 11.3 Å². The standard InChI is InChI=1S/C7H9Cl2N/c1-7(9,6-10)4-2-3-5-8/h2-3H,4-5H2,1H3/b3-2+. The molecular formula is C7H9Cl2N. The molecule has 0 amide bonds. The summed E-state index contributed by atoms with van der Waals surface area (Å²) in [7, 11) is 0. The molecule has 1 unspecified atom stereocenters. The second-order valence-electron chi connectivity index (χ2n) is 2.14. The van der Waals surface area contributed by atoms with Crippen LogP contribution in [0.25, 0.3) is 0 Å². The zero-order chi connectivity index (χ0) is 8.04. The van der Waals surface area contributed by atoms with Gasteiger partial charge in [0.25, 0.3) is 0 Å². The Hall–Kier alpha value is -0.190. The second-order valence-corrected chi connectivity index (χ2v) is 3.28. The molecule has 0 saturated carbocycles. The van der Waals surface area contributed by atoms with Gasteiger partial charge in [-0.25, -0.2) is 0 Å². The van der Waals surface area contributed by atoms with Gasteiger partial charge in [0.15, 0.2) is 0 Å². The van der Waals surface area contributed by atoms with Crippen LogP contribution in [0.5, 0.6) is 0 Å². The molecule has 0 N–H and O–H groups in total. The van der Waals surface area contributed by atoms with Crippen molar-refractivity contribution in [1.29, 1.82) is 5.26 Å². The molecule has 0 fully saturated rings. The Kier molecular flexibility index (Phi) is 4.51. The summed E-state index contributed by atoms with van der Waals surface area (Å²) in [6, 6.07) is 1.97. The number of allylic oxidation sites excluding steroid dienone is 2. The van der Waals surface area contributed by atoms with E-state index in [0.717, 1.165) is 0 Å². The number of hydrogen-bond donors (Lipinski definition) is 0. The van der Waals surface area contributed by atoms with Crippen molar-refractivity contribution in [2.24, 2.45) is 0 Å². The SMILES string of the molecule is CC(Cl)(C#N)C/C=C/CCl. The molecular weight excluding hydrogens is 169 g/mol. The number of nitrogens with zero attached hydrogens (tertiary/aromatic N) is 1. The molecule has 0 radical (unpaired) electrons. The fraction of sp³-hybridized carbons (Fsp3) is 0.571. The number of rotatable bonds is 3. The second kappa shape index (κ2) is 4.60. The minimum Gasteiger partial charge on any atom is -0.196 e. The maximum Gasteiger partial charge on any atom is 0.131 e. The summed E-state index contributed by atoms with van der Waals surface area (Å²) in [6.45, 7) is 1.67. The van der Waals surface area contributed by atoms with Crippen LogP contribution in [0.3, 0.4) is 0 Å². The van der Waals surface area contributed by atoms with Gasteiger partial charge in [0, 0.05) is 5.88 Å². The van der Waals surface area contributed by atoms with Gasteiger partial charge in [-0.05, 0) is 13.3 Å². The topological polar surface area (TPSA) is 23.8 Å². The van der Waals surface area contributed by atoms with Crippen LogP contribution >= 0.6 is 23.2 Å². The molecule has 10 heavy (non-hydrogen) atoms. The van der Waals surface area contributed by atoms with E-state index >= 15 is 0 Å². The van der Waals surface area contributed by atoms with Crippen LogP contribution < -0.4 is 0 Å². The molecule has 1 nitrogen and oxygen atoms in total. The van der Waals surface area contributed by atoms with E-state index in [0.29, 0.717) is 12.3 Å². The maximum atomic E-state index is 8.44. The van der Waals surface area contributed by atoms with Crippen LogP contribution in [-0.2, 0) is 0 Å². The average Bonchev–Trinajstić information content (AvgIpc) is 1.89. The third-order valence-corrected chi connectivity index (χ3v) is 1.41. The monoisotopic (exact) mass is 177 g/mol. The summed E-state index contributed by atoms with van der Waals surface area (Å²) in [5.74, 6) is 0.471. The molecule has 56 valence electrons. The predicted octanol–water partition coefficient (Wildman–Crippen LogP) is 2.69. The lowest BCUT2D eigenvalue weighted by molar-refractivity contribution is 0.805. The van der Waals surface area contributed by atoms with Gasteiger partial charge in [-0.1, -0.05) is 12.2 Å². The number of alkyl halides is 2. The van der Waals surface area contributed by atoms with Crippen LogP contribution in [0.4, 0.5) is 0 Å². The number of nitriles is 1. The fourth-order valence-corrected chi connectivity index (χ4v) is 0.628. The van der Waals surface area contributed by atoms with Gasteiger partial charge in [0.05, 0.1) is 6.07 Å². The Labute approximate surface area is 71.2 Å². The van der Waals surface area contributed by atoms with Gasteiger partial charge >= 0.3 is 0 Å². The van der Waals surface area contributed by atoms with Gasteiger partial charge < -0.3 is 0 Å². The molecule has 0 aliphatic carbocycles. The van der Waals surface area contributed by atoms with E-state index in [2.05, 4.69) is 0 Å². The van der Waals surface area contributed by atoms with Crippen molar-refractivity contribution >= 4 is 23.2 Å². The van der Waals surface area contributed by atoms with E-state index in [-0.39, 0.29) is 0 Å². The molecule has 1 atom stereocenters. The van der Waals surface area contributed by atoms with Crippen LogP contribution in [0.15, 0.2) is 12.2 Å². The first-order valence-corrected chi connectivity index (χ1v) is 3.85. The van der Waals surface area contributed by atoms with Gasteiger partial charge in [-0.2, -0.15) is 5.26 Å². The summed E-state index contributed by atoms with van der Waals surface area (Å²) in [6.07, 6.45) is 4.13. The molecule has 0 aliphatic rings. The van der Waals surface area contributed by atoms with E-state index in [1.54, 1.807) is 13.0 Å². The predicted molar refractivity (Wildman–Crippen MR) is 44.3 cm³/mol. The molecule has 0 spiro atoms. The minimum atomic E-state index is -0.775. The summed E-state index contributed by atoms with van der Waals surface area (Å²) in [5, 5.41) is 8.44. The van der Waals surface area contributed by atoms with Crippen molar-refractivity contribution < 1.29 is 0 Å². The van der Waals surface area contributed by atoms with E-state index in [1.165, 1.54) is 0 Å². The Bertz CT molecular complexity index is 155. The van der Waals surface area contributed by atoms with E-state index in [4.69, 9.17) is 28.5 Å². The lowest BCUT2D eigenvalue weighted by Gasteiger charge is -2.07. The lowest BCUT2D eigenvalue weighted by atomic mass is 10.1. The highest BCUT2D eigenvalue weighted by Crippen LogP contribution is 2.17. The van der Waals surface area contributed by atoms with Crippen molar-refractivity contribution in [2.45, 2.75) is 18.2 Å². The summed E-state index contributed by atoms with van der Waals surface area (Å²) in [4.78, 5) is -0.775. The zero-order valence-corrected chi connectivity index (χ0v) is 7.28. The smallest absolute Gasteiger partial charge is 0.131 e. The maximum absolute atomic E-state index is 8.44. The van der Waals surface area contributed by atoms with Crippen molar-refractivity contribution in [1.82, 2.24) is 0 Å². The summed E-state index contributed by atoms with van der Waals surface area (Å²) in [5.41, 5.74) is 0. The number of halogens is 2. The van der Waals surface area contributed by atoms with Crippen molar-refractivity contribution in [3.05, 3.63) is 12.2 Å². The Morgan fingerprint density at radius 2 is 2.20 bits per heavy atom. The van der Waals surface area contributed by atoms with Crippen LogP contribution in [0.1, 0.15) is 13.3 Å². The summed E-state index contributed by atoms with van der Waals surface area (Å²) < 4.78 is 0. The van der Waals surface area contributed by atoms with E-state index < -0.39 is 4.87 Å². The quantitative estimate of drug-likeness (QED) is 0.481. The molecule has 0 saturated heterocycles. The first kappa shape index (κ1) is 9.81. The van der Waals surface area contributed by atoms with Crippen molar-refractivity contribution in [3.8, 4) is 6.07 Å². The van der Waals surface area contributed by atoms with Crippen molar-refractivity contribution in [2.75, 3.05) is 5.88 Å². The third-order valence-electron chi connectivity index (χ3n) is 0.990. The van der Waals surface area contributed by atoms with Gasteiger partial charge in [-0.15, -0.1) is 23.2 Å². The van der Waals surface area contributed by atoms with Gasteiger partial charge in [0.1, 0.15) is 4.87 Å². The van der Waals surface area contributed by atoms with E-state index in [9.17, 15) is 0 Å². The third kappa shape index (κ3) is 4.67. The normalized spacial score (nSPS) is 16.6. The van der Waals surface area contributed by atoms with Gasteiger partial charge in [-0.3, -0.25) is 0 Å². The Balaban J connectivity index is 3.70. The first-order valence-electron chi connectivity index (χ1n) is 2.93. The molecule has 0 rings (SSSR count). The van der Waals surface area contributed by atoms with Gasteiger partial charge in [0.2, 0.25) is 0 Å². The highest BCUT2D eigenvalue weighted by Gasteiger charge is 2.16. The zero-order valence-electron chi connectivity index (χ0n) is 5.77. The molecule has 0 heterocycles. The summed E-state index contributed by atoms with van der Waals surface area (Å²) >= 11 is 11.1. The van der Waals surface area contributed by atoms with Crippen LogP contribution in [0.2, 0.25) is 0 Å². The molecule has 0 aromatic carbocycles. The average molecular weight is 178 g/mol. The fourth-order valence-electron chi connectivity index (χ4n) is 0.413. The highest BCUT2D eigenvalue weighted by molar-refractivity contribution is 6.25. The molecule has 3 heteroatoms. The minimum absolute atomic E-state index is 0.471. The molecule has 0 aliphatic heterocycles. The first-order chi connectivity index (χ1) is 4.62. The molecule has 0 bridgehead atoms. The van der Waals surface area contributed by atoms with Crippen LogP contribution in [-0.4, -0.2) is 10.8 Å². The Morgan fingerprint density at radius 1 is 1.60 bits per heavy atom. The molecule has 0 aromatic heterocycles. The number of hydrogen-bond acceptors (Lipinski definition) is 1. The largest absolute Gasteiger partial charge is 0.196 e. The Morgan fingerprint density at radius 3 is 2.60 bits per heavy atom. The lowest BCUT2D eigenvalue weighted by Crippen LogP contribution is -2.10. The van der Waals surface area contributed by atoms with Crippen molar-refractivity contribution in [3.63, 3.8) is 0 Å². The van der Waals surface area contributed by atoms with E-state index in [1.807, 2.05) is 12.1 Å². The highest BCUT2D eigenvalue weighted by atomic mass is 35.5. The molecule has 0 aromatic rings.